The molecule has 0 atom stereocenters. The number of alkyl halides is 1. The van der Waals surface area contributed by atoms with E-state index in [0.29, 0.717) is 27.5 Å². The van der Waals surface area contributed by atoms with Crippen LogP contribution in [0.25, 0.3) is 0 Å². The Morgan fingerprint density at radius 1 is 1.56 bits per heavy atom. The van der Waals surface area contributed by atoms with Crippen LogP contribution in [0.2, 0.25) is 0 Å². The largest absolute Gasteiger partial charge is 0.462 e. The van der Waals surface area contributed by atoms with Gasteiger partial charge < -0.3 is 4.74 Å². The highest BCUT2D eigenvalue weighted by molar-refractivity contribution is 9.10. The van der Waals surface area contributed by atoms with E-state index in [-0.39, 0.29) is 5.97 Å². The van der Waals surface area contributed by atoms with Gasteiger partial charge >= 0.3 is 5.97 Å². The van der Waals surface area contributed by atoms with Gasteiger partial charge in [0.1, 0.15) is 6.07 Å². The topological polar surface area (TPSA) is 50.1 Å². The molecule has 0 fully saturated rings. The van der Waals surface area contributed by atoms with Gasteiger partial charge in [-0.15, -0.1) is 0 Å². The first-order chi connectivity index (χ1) is 7.63. The highest BCUT2D eigenvalue weighted by Crippen LogP contribution is 2.24. The van der Waals surface area contributed by atoms with E-state index in [1.165, 1.54) is 0 Å². The molecule has 0 aliphatic carbocycles. The first-order valence-corrected chi connectivity index (χ1v) is 6.51. The van der Waals surface area contributed by atoms with Crippen LogP contribution in [0.4, 0.5) is 0 Å². The van der Waals surface area contributed by atoms with Gasteiger partial charge in [-0.05, 0) is 40.5 Å². The summed E-state index contributed by atoms with van der Waals surface area (Å²) in [6.07, 6.45) is 0. The highest BCUT2D eigenvalue weighted by Gasteiger charge is 2.14. The van der Waals surface area contributed by atoms with Gasteiger partial charge in [0, 0.05) is 9.80 Å². The summed E-state index contributed by atoms with van der Waals surface area (Å²) in [5.41, 5.74) is 1.73. The summed E-state index contributed by atoms with van der Waals surface area (Å²) in [5.74, 6) is -0.373. The first-order valence-electron chi connectivity index (χ1n) is 4.59. The molecule has 0 N–H and O–H groups in total. The van der Waals surface area contributed by atoms with Crippen LogP contribution in [0.15, 0.2) is 16.6 Å². The molecule has 0 unspecified atom stereocenters. The number of halogens is 2. The third-order valence-electron chi connectivity index (χ3n) is 1.95. The molecule has 0 aromatic heterocycles. The number of hydrogen-bond donors (Lipinski definition) is 0. The van der Waals surface area contributed by atoms with Crippen molar-refractivity contribution in [2.75, 3.05) is 6.61 Å². The quantitative estimate of drug-likeness (QED) is 0.622. The van der Waals surface area contributed by atoms with Crippen molar-refractivity contribution in [1.29, 1.82) is 5.26 Å². The molecule has 0 bridgehead atoms. The standard InChI is InChI=1S/C11H9Br2NO2/c1-2-16-11(15)9-4-10(13)8(6-14)3-7(9)5-12/h3-4H,2,5H2,1H3. The van der Waals surface area contributed by atoms with Crippen molar-refractivity contribution in [3.05, 3.63) is 33.3 Å². The summed E-state index contributed by atoms with van der Waals surface area (Å²) in [7, 11) is 0. The Labute approximate surface area is 111 Å². The van der Waals surface area contributed by atoms with Crippen molar-refractivity contribution in [2.24, 2.45) is 0 Å². The smallest absolute Gasteiger partial charge is 0.338 e. The van der Waals surface area contributed by atoms with Crippen LogP contribution in [-0.4, -0.2) is 12.6 Å². The van der Waals surface area contributed by atoms with E-state index in [0.717, 1.165) is 5.56 Å². The molecule has 0 radical (unpaired) electrons. The lowest BCUT2D eigenvalue weighted by atomic mass is 10.1. The third kappa shape index (κ3) is 2.83. The normalized spacial score (nSPS) is 9.62. The number of esters is 1. The Kier molecular flexibility index (Phi) is 4.97. The maximum Gasteiger partial charge on any atom is 0.338 e. The van der Waals surface area contributed by atoms with Gasteiger partial charge in [0.2, 0.25) is 0 Å². The lowest BCUT2D eigenvalue weighted by Gasteiger charge is -2.08. The number of hydrogen-bond acceptors (Lipinski definition) is 3. The number of carbonyl (C=O) groups is 1. The molecule has 3 nitrogen and oxygen atoms in total. The van der Waals surface area contributed by atoms with Gasteiger partial charge in [-0.25, -0.2) is 4.79 Å². The Morgan fingerprint density at radius 3 is 2.75 bits per heavy atom. The summed E-state index contributed by atoms with van der Waals surface area (Å²) < 4.78 is 5.54. The number of rotatable bonds is 3. The molecule has 0 spiro atoms. The maximum atomic E-state index is 11.6. The molecule has 0 aliphatic heterocycles. The molecule has 5 heteroatoms. The van der Waals surface area contributed by atoms with Gasteiger partial charge in [-0.2, -0.15) is 5.26 Å². The van der Waals surface area contributed by atoms with E-state index in [2.05, 4.69) is 31.9 Å². The van der Waals surface area contributed by atoms with Crippen molar-refractivity contribution in [2.45, 2.75) is 12.3 Å². The Bertz CT molecular complexity index is 452. The second-order valence-electron chi connectivity index (χ2n) is 2.96. The highest BCUT2D eigenvalue weighted by atomic mass is 79.9. The summed E-state index contributed by atoms with van der Waals surface area (Å²) in [6, 6.07) is 5.34. The molecule has 0 amide bonds. The van der Waals surface area contributed by atoms with E-state index < -0.39 is 0 Å². The SMILES string of the molecule is CCOC(=O)c1cc(Br)c(C#N)cc1CBr. The second-order valence-corrected chi connectivity index (χ2v) is 4.37. The van der Waals surface area contributed by atoms with Gasteiger partial charge in [-0.3, -0.25) is 0 Å². The summed E-state index contributed by atoms with van der Waals surface area (Å²) in [6.45, 7) is 2.09. The van der Waals surface area contributed by atoms with Crippen LogP contribution >= 0.6 is 31.9 Å². The molecule has 0 heterocycles. The van der Waals surface area contributed by atoms with Crippen molar-refractivity contribution in [3.8, 4) is 6.07 Å². The first kappa shape index (κ1) is 13.2. The molecule has 0 saturated carbocycles. The van der Waals surface area contributed by atoms with Crippen LogP contribution < -0.4 is 0 Å². The van der Waals surface area contributed by atoms with E-state index in [4.69, 9.17) is 10.00 Å². The summed E-state index contributed by atoms with van der Waals surface area (Å²) >= 11 is 6.53. The van der Waals surface area contributed by atoms with Crippen molar-refractivity contribution >= 4 is 37.8 Å². The number of nitriles is 1. The Balaban J connectivity index is 3.24. The molecule has 1 rings (SSSR count). The number of nitrogens with zero attached hydrogens (tertiary/aromatic N) is 1. The van der Waals surface area contributed by atoms with Crippen LogP contribution in [-0.2, 0) is 10.1 Å². The van der Waals surface area contributed by atoms with Crippen LogP contribution in [0.3, 0.4) is 0 Å². The number of ether oxygens (including phenoxy) is 1. The minimum absolute atomic E-state index is 0.332. The maximum absolute atomic E-state index is 11.6. The molecule has 16 heavy (non-hydrogen) atoms. The molecule has 0 saturated heterocycles. The van der Waals surface area contributed by atoms with Gasteiger partial charge in [-0.1, -0.05) is 15.9 Å². The fourth-order valence-electron chi connectivity index (χ4n) is 1.21. The van der Waals surface area contributed by atoms with Gasteiger partial charge in [0.05, 0.1) is 17.7 Å². The van der Waals surface area contributed by atoms with Crippen LogP contribution in [0, 0.1) is 11.3 Å². The van der Waals surface area contributed by atoms with Crippen LogP contribution in [0.1, 0.15) is 28.4 Å². The Hall–Kier alpha value is -0.860. The zero-order valence-corrected chi connectivity index (χ0v) is 11.8. The van der Waals surface area contributed by atoms with Crippen LogP contribution in [0.5, 0.6) is 0 Å². The second kappa shape index (κ2) is 6.02. The summed E-state index contributed by atoms with van der Waals surface area (Å²) in [4.78, 5) is 11.6. The number of carbonyl (C=O) groups excluding carboxylic acids is 1. The lowest BCUT2D eigenvalue weighted by molar-refractivity contribution is 0.0525. The molecular weight excluding hydrogens is 338 g/mol. The van der Waals surface area contributed by atoms with Crippen molar-refractivity contribution in [3.63, 3.8) is 0 Å². The third-order valence-corrected chi connectivity index (χ3v) is 3.21. The summed E-state index contributed by atoms with van der Waals surface area (Å²) in [5, 5.41) is 9.36. The molecular formula is C11H9Br2NO2. The fraction of sp³-hybridized carbons (Fsp3) is 0.273. The average molecular weight is 347 g/mol. The molecule has 1 aromatic carbocycles. The van der Waals surface area contributed by atoms with E-state index in [1.807, 2.05) is 6.07 Å². The zero-order chi connectivity index (χ0) is 12.1. The average Bonchev–Trinajstić information content (AvgIpc) is 2.29. The van der Waals surface area contributed by atoms with E-state index in [1.54, 1.807) is 19.1 Å². The number of benzene rings is 1. The Morgan fingerprint density at radius 2 is 2.25 bits per heavy atom. The van der Waals surface area contributed by atoms with Crippen molar-refractivity contribution < 1.29 is 9.53 Å². The van der Waals surface area contributed by atoms with Crippen molar-refractivity contribution in [1.82, 2.24) is 0 Å². The van der Waals surface area contributed by atoms with Gasteiger partial charge in [0.15, 0.2) is 0 Å². The van der Waals surface area contributed by atoms with Gasteiger partial charge in [0.25, 0.3) is 0 Å². The minimum Gasteiger partial charge on any atom is -0.462 e. The molecule has 0 aliphatic rings. The predicted octanol–water partition coefficient (Wildman–Crippen LogP) is 3.39. The fourth-order valence-corrected chi connectivity index (χ4v) is 2.11. The lowest BCUT2D eigenvalue weighted by Crippen LogP contribution is -2.08. The monoisotopic (exact) mass is 345 g/mol. The molecule has 84 valence electrons. The predicted molar refractivity (Wildman–Crippen MR) is 67.4 cm³/mol. The zero-order valence-electron chi connectivity index (χ0n) is 8.59. The molecule has 1 aromatic rings. The van der Waals surface area contributed by atoms with E-state index in [9.17, 15) is 4.79 Å². The van der Waals surface area contributed by atoms with E-state index >= 15 is 0 Å². The minimum atomic E-state index is -0.373.